The summed E-state index contributed by atoms with van der Waals surface area (Å²) < 4.78 is 2.16. The molecule has 2 heterocycles. The van der Waals surface area contributed by atoms with Crippen LogP contribution in [0.15, 0.2) is 42.5 Å². The number of aromatic nitrogens is 2. The molecule has 128 valence electrons. The van der Waals surface area contributed by atoms with E-state index in [0.29, 0.717) is 12.1 Å². The smallest absolute Gasteiger partial charge is 0.253 e. The Hall–Kier alpha value is -2.66. The molecule has 1 aliphatic rings. The van der Waals surface area contributed by atoms with E-state index in [2.05, 4.69) is 53.1 Å². The number of nitrogens with zero attached hydrogens (tertiary/aromatic N) is 3. The first-order valence-corrected chi connectivity index (χ1v) is 8.65. The summed E-state index contributed by atoms with van der Waals surface area (Å²) in [4.78, 5) is 19.3. The van der Waals surface area contributed by atoms with E-state index in [4.69, 9.17) is 4.98 Å². The van der Waals surface area contributed by atoms with Gasteiger partial charge in [0.2, 0.25) is 0 Å². The van der Waals surface area contributed by atoms with Crippen LogP contribution in [0.25, 0.3) is 22.4 Å². The van der Waals surface area contributed by atoms with Gasteiger partial charge in [-0.3, -0.25) is 4.79 Å². The van der Waals surface area contributed by atoms with Crippen LogP contribution >= 0.6 is 0 Å². The lowest BCUT2D eigenvalue weighted by Crippen LogP contribution is -2.24. The van der Waals surface area contributed by atoms with E-state index in [-0.39, 0.29) is 5.91 Å². The van der Waals surface area contributed by atoms with Crippen LogP contribution in [-0.4, -0.2) is 47.5 Å². The minimum Gasteiger partial charge on any atom is -0.350 e. The van der Waals surface area contributed by atoms with Crippen LogP contribution in [0.3, 0.4) is 0 Å². The number of rotatable bonds is 4. The number of carbonyl (C=O) groups excluding carboxylic acids is 1. The Balaban J connectivity index is 1.75. The maximum atomic E-state index is 12.3. The summed E-state index contributed by atoms with van der Waals surface area (Å²) in [6, 6.07) is 14.4. The number of hydrogen-bond acceptors (Lipinski definition) is 3. The highest BCUT2D eigenvalue weighted by atomic mass is 16.1. The third-order valence-corrected chi connectivity index (χ3v) is 4.69. The van der Waals surface area contributed by atoms with E-state index in [1.807, 2.05) is 18.2 Å². The van der Waals surface area contributed by atoms with Crippen molar-refractivity contribution < 1.29 is 4.79 Å². The van der Waals surface area contributed by atoms with E-state index in [1.165, 1.54) is 5.56 Å². The Bertz CT molecular complexity index is 925. The second-order valence-electron chi connectivity index (χ2n) is 6.77. The van der Waals surface area contributed by atoms with Gasteiger partial charge in [0.15, 0.2) is 0 Å². The number of nitrogens with one attached hydrogen (secondary N) is 1. The Morgan fingerprint density at radius 2 is 1.96 bits per heavy atom. The van der Waals surface area contributed by atoms with Crippen molar-refractivity contribution in [2.24, 2.45) is 0 Å². The molecule has 0 saturated heterocycles. The summed E-state index contributed by atoms with van der Waals surface area (Å²) >= 11 is 0. The third-order valence-electron chi connectivity index (χ3n) is 4.69. The summed E-state index contributed by atoms with van der Waals surface area (Å²) in [5, 5.41) is 2.96. The van der Waals surface area contributed by atoms with Crippen molar-refractivity contribution in [3.05, 3.63) is 53.6 Å². The number of amides is 1. The lowest BCUT2D eigenvalue weighted by Gasteiger charge is -2.10. The number of carbonyl (C=O) groups is 1. The zero-order valence-corrected chi connectivity index (χ0v) is 14.6. The molecular weight excluding hydrogens is 312 g/mol. The van der Waals surface area contributed by atoms with Crippen molar-refractivity contribution in [1.29, 1.82) is 0 Å². The fraction of sp³-hybridized carbons (Fsp3) is 0.300. The maximum Gasteiger partial charge on any atom is 0.253 e. The van der Waals surface area contributed by atoms with Gasteiger partial charge >= 0.3 is 0 Å². The zero-order chi connectivity index (χ0) is 17.4. The molecule has 1 N–H and O–H groups in total. The molecule has 4 rings (SSSR count). The topological polar surface area (TPSA) is 50.2 Å². The number of para-hydroxylation sites is 1. The monoisotopic (exact) mass is 334 g/mol. The summed E-state index contributed by atoms with van der Waals surface area (Å²) in [5.41, 5.74) is 4.92. The molecule has 0 atom stereocenters. The molecule has 3 aromatic rings. The van der Waals surface area contributed by atoms with Gasteiger partial charge in [-0.05, 0) is 38.2 Å². The fourth-order valence-corrected chi connectivity index (χ4v) is 3.36. The fourth-order valence-electron chi connectivity index (χ4n) is 3.36. The molecule has 1 amide bonds. The first-order valence-electron chi connectivity index (χ1n) is 8.65. The summed E-state index contributed by atoms with van der Waals surface area (Å²) in [5.74, 6) is 0.910. The number of likely N-dealkylation sites (N-methyl/N-ethyl adjacent to an activating group) is 1. The first-order chi connectivity index (χ1) is 12.1. The van der Waals surface area contributed by atoms with Gasteiger partial charge in [-0.25, -0.2) is 4.98 Å². The lowest BCUT2D eigenvalue weighted by molar-refractivity contribution is 0.0956. The van der Waals surface area contributed by atoms with Crippen molar-refractivity contribution in [2.75, 3.05) is 27.2 Å². The van der Waals surface area contributed by atoms with Crippen molar-refractivity contribution in [2.45, 2.75) is 13.0 Å². The van der Waals surface area contributed by atoms with E-state index in [1.54, 1.807) is 0 Å². The van der Waals surface area contributed by atoms with Gasteiger partial charge in [-0.1, -0.05) is 30.3 Å². The second-order valence-corrected chi connectivity index (χ2v) is 6.77. The predicted molar refractivity (Wildman–Crippen MR) is 99.8 cm³/mol. The highest BCUT2D eigenvalue weighted by molar-refractivity contribution is 6.06. The average Bonchev–Trinajstić information content (AvgIpc) is 2.89. The van der Waals surface area contributed by atoms with Crippen LogP contribution in [-0.2, 0) is 13.0 Å². The van der Waals surface area contributed by atoms with Crippen molar-refractivity contribution in [3.63, 3.8) is 0 Å². The zero-order valence-electron chi connectivity index (χ0n) is 14.6. The molecule has 0 aliphatic carbocycles. The molecule has 0 spiro atoms. The molecule has 0 radical (unpaired) electrons. The van der Waals surface area contributed by atoms with Crippen LogP contribution < -0.4 is 5.32 Å². The van der Waals surface area contributed by atoms with E-state index >= 15 is 0 Å². The maximum absolute atomic E-state index is 12.3. The highest BCUT2D eigenvalue weighted by Gasteiger charge is 2.21. The van der Waals surface area contributed by atoms with Crippen LogP contribution in [0.1, 0.15) is 15.9 Å². The minimum atomic E-state index is -0.0187. The van der Waals surface area contributed by atoms with Crippen molar-refractivity contribution >= 4 is 16.9 Å². The first kappa shape index (κ1) is 15.8. The van der Waals surface area contributed by atoms with E-state index in [0.717, 1.165) is 41.9 Å². The van der Waals surface area contributed by atoms with Gasteiger partial charge in [-0.15, -0.1) is 0 Å². The van der Waals surface area contributed by atoms with Crippen molar-refractivity contribution in [3.8, 4) is 11.4 Å². The third kappa shape index (κ3) is 2.91. The summed E-state index contributed by atoms with van der Waals surface area (Å²) in [6.07, 6.45) is 1.03. The molecule has 0 unspecified atom stereocenters. The second kappa shape index (κ2) is 6.33. The molecule has 1 aromatic heterocycles. The molecule has 2 aromatic carbocycles. The predicted octanol–water partition coefficient (Wildman–Crippen LogP) is 2.55. The molecule has 1 aliphatic heterocycles. The molecule has 5 heteroatoms. The number of imidazole rings is 1. The van der Waals surface area contributed by atoms with Gasteiger partial charge in [-0.2, -0.15) is 0 Å². The molecule has 25 heavy (non-hydrogen) atoms. The highest BCUT2D eigenvalue weighted by Crippen LogP contribution is 2.28. The Morgan fingerprint density at radius 1 is 1.16 bits per heavy atom. The van der Waals surface area contributed by atoms with Gasteiger partial charge in [0.1, 0.15) is 5.82 Å². The molecule has 0 saturated carbocycles. The van der Waals surface area contributed by atoms with Gasteiger partial charge < -0.3 is 14.8 Å². The molecule has 0 fully saturated rings. The lowest BCUT2D eigenvalue weighted by atomic mass is 10.1. The largest absolute Gasteiger partial charge is 0.350 e. The summed E-state index contributed by atoms with van der Waals surface area (Å²) in [7, 11) is 4.18. The van der Waals surface area contributed by atoms with E-state index < -0.39 is 0 Å². The van der Waals surface area contributed by atoms with Gasteiger partial charge in [0, 0.05) is 25.2 Å². The summed E-state index contributed by atoms with van der Waals surface area (Å²) in [6.45, 7) is 2.39. The van der Waals surface area contributed by atoms with Crippen molar-refractivity contribution in [1.82, 2.24) is 19.8 Å². The Morgan fingerprint density at radius 3 is 2.72 bits per heavy atom. The van der Waals surface area contributed by atoms with Crippen LogP contribution in [0.2, 0.25) is 0 Å². The van der Waals surface area contributed by atoms with E-state index in [9.17, 15) is 4.79 Å². The standard InChI is InChI=1S/C20H22N4O/c1-23(2)12-10-14-6-8-15(9-7-14)19-22-17-5-3-4-16-18(17)24(19)13-11-21-20(16)25/h3-9H,10-13H2,1-2H3,(H,21,25). The quantitative estimate of drug-likeness (QED) is 0.798. The average molecular weight is 334 g/mol. The number of benzene rings is 2. The SMILES string of the molecule is CN(C)CCc1ccc(-c2nc3cccc4c3n2CCNC4=O)cc1. The van der Waals surface area contributed by atoms with Crippen LogP contribution in [0, 0.1) is 0 Å². The molecular formula is C20H22N4O. The number of hydrogen-bond donors (Lipinski definition) is 1. The molecule has 5 nitrogen and oxygen atoms in total. The van der Waals surface area contributed by atoms with Crippen LogP contribution in [0.5, 0.6) is 0 Å². The minimum absolute atomic E-state index is 0.0187. The molecule has 0 bridgehead atoms. The van der Waals surface area contributed by atoms with Gasteiger partial charge in [0.05, 0.1) is 16.6 Å². The van der Waals surface area contributed by atoms with Gasteiger partial charge in [0.25, 0.3) is 5.91 Å². The Kier molecular flexibility index (Phi) is 4.01. The Labute approximate surface area is 147 Å². The normalized spacial score (nSPS) is 14.0. The van der Waals surface area contributed by atoms with Crippen LogP contribution in [0.4, 0.5) is 0 Å².